The zero-order chi connectivity index (χ0) is 22.0. The second-order valence-corrected chi connectivity index (χ2v) is 7.75. The van der Waals surface area contributed by atoms with Gasteiger partial charge in [0, 0.05) is 8.99 Å². The molecule has 1 rings (SSSR count). The largest absolute Gasteiger partial charge is 0.828 e. The van der Waals surface area contributed by atoms with Crippen LogP contribution in [0.3, 0.4) is 0 Å². The van der Waals surface area contributed by atoms with Crippen LogP contribution in [-0.2, 0) is 14.3 Å². The van der Waals surface area contributed by atoms with Crippen LogP contribution in [0, 0.1) is 8.99 Å². The molecule has 0 radical (unpaired) electrons. The summed E-state index contributed by atoms with van der Waals surface area (Å²) in [5.41, 5.74) is -7.10. The van der Waals surface area contributed by atoms with E-state index in [-0.39, 0.29) is 5.56 Å². The van der Waals surface area contributed by atoms with Crippen LogP contribution >= 0.6 is 22.6 Å². The maximum atomic E-state index is 12.5. The summed E-state index contributed by atoms with van der Waals surface area (Å²) in [5.74, 6) is -3.82. The minimum atomic E-state index is -6.44. The van der Waals surface area contributed by atoms with Crippen molar-refractivity contribution in [2.24, 2.45) is 5.41 Å². The first kappa shape index (κ1) is 24.5. The Morgan fingerprint density at radius 3 is 1.79 bits per heavy atom. The predicted molar refractivity (Wildman–Crippen MR) is 89.0 cm³/mol. The fraction of sp³-hybridized carbons (Fsp3) is 0.500. The van der Waals surface area contributed by atoms with E-state index in [1.165, 1.54) is 26.0 Å². The summed E-state index contributed by atoms with van der Waals surface area (Å²) < 4.78 is 85.0. The maximum Gasteiger partial charge on any atom is 0.399 e. The van der Waals surface area contributed by atoms with E-state index >= 15 is 0 Å². The highest BCUT2D eigenvalue weighted by molar-refractivity contribution is 14.1. The Bertz CT molecular complexity index is 698. The number of hydrogen-bond donors (Lipinski definition) is 0. The van der Waals surface area contributed by atoms with Gasteiger partial charge in [-0.05, 0) is 46.9 Å². The van der Waals surface area contributed by atoms with Crippen LogP contribution < -0.4 is 5.11 Å². The second-order valence-electron chi connectivity index (χ2n) is 6.50. The van der Waals surface area contributed by atoms with Crippen molar-refractivity contribution < 1.29 is 50.5 Å². The molecule has 28 heavy (non-hydrogen) atoms. The number of alkyl halides is 6. The fourth-order valence-corrected chi connectivity index (χ4v) is 2.09. The van der Waals surface area contributed by atoms with E-state index in [2.05, 4.69) is 4.74 Å². The van der Waals surface area contributed by atoms with Crippen LogP contribution in [0.5, 0.6) is 0 Å². The molecule has 0 saturated heterocycles. The molecule has 1 aromatic carbocycles. The smallest absolute Gasteiger partial charge is 0.399 e. The summed E-state index contributed by atoms with van der Waals surface area (Å²) in [6.45, 7) is 1.02. The Morgan fingerprint density at radius 1 is 0.929 bits per heavy atom. The van der Waals surface area contributed by atoms with Gasteiger partial charge in [0.2, 0.25) is 0 Å². The Balaban J connectivity index is 2.75. The van der Waals surface area contributed by atoms with Crippen LogP contribution in [0.15, 0.2) is 24.3 Å². The Hall–Kier alpha value is -1.57. The monoisotopic (exact) mass is 527 g/mol. The Morgan fingerprint density at radius 2 is 1.36 bits per heavy atom. The molecule has 0 unspecified atom stereocenters. The molecule has 158 valence electrons. The van der Waals surface area contributed by atoms with Gasteiger partial charge >= 0.3 is 24.3 Å². The summed E-state index contributed by atoms with van der Waals surface area (Å²) >= 11 is 2.00. The van der Waals surface area contributed by atoms with Gasteiger partial charge in [-0.25, -0.2) is 4.79 Å². The third kappa shape index (κ3) is 5.72. The molecule has 0 saturated carbocycles. The lowest BCUT2D eigenvalue weighted by atomic mass is 9.96. The van der Waals surface area contributed by atoms with Crippen molar-refractivity contribution in [1.82, 2.24) is 0 Å². The number of halogens is 7. The first-order valence-corrected chi connectivity index (χ1v) is 8.53. The normalized spacial score (nSPS) is 13.2. The SMILES string of the molecule is CC(C)(COC(=O)c1ccc(I)cc1)COC(=O)C([O-])(C(F)(F)F)C(F)(F)F. The summed E-state index contributed by atoms with van der Waals surface area (Å²) in [6, 6.07) is 6.14. The molecular formula is C16H14F6IO5-. The van der Waals surface area contributed by atoms with E-state index in [4.69, 9.17) is 4.74 Å². The first-order valence-electron chi connectivity index (χ1n) is 7.45. The number of rotatable bonds is 6. The van der Waals surface area contributed by atoms with E-state index < -0.39 is 48.5 Å². The second kappa shape index (κ2) is 8.43. The average Bonchev–Trinajstić information content (AvgIpc) is 2.55. The predicted octanol–water partition coefficient (Wildman–Crippen LogP) is 3.24. The van der Waals surface area contributed by atoms with E-state index in [1.807, 2.05) is 22.6 Å². The minimum Gasteiger partial charge on any atom is -0.828 e. The fourth-order valence-electron chi connectivity index (χ4n) is 1.73. The van der Waals surface area contributed by atoms with Crippen LogP contribution in [0.4, 0.5) is 26.3 Å². The molecular weight excluding hydrogens is 513 g/mol. The van der Waals surface area contributed by atoms with E-state index in [0.717, 1.165) is 3.57 Å². The lowest BCUT2D eigenvalue weighted by Crippen LogP contribution is -2.71. The van der Waals surface area contributed by atoms with Gasteiger partial charge in [0.25, 0.3) is 0 Å². The maximum absolute atomic E-state index is 12.5. The van der Waals surface area contributed by atoms with Crippen molar-refractivity contribution in [1.29, 1.82) is 0 Å². The zero-order valence-electron chi connectivity index (χ0n) is 14.4. The van der Waals surface area contributed by atoms with Gasteiger partial charge in [-0.15, -0.1) is 0 Å². The lowest BCUT2D eigenvalue weighted by Gasteiger charge is -2.40. The number of hydrogen-bond acceptors (Lipinski definition) is 5. The van der Waals surface area contributed by atoms with Crippen LogP contribution in [0.1, 0.15) is 24.2 Å². The van der Waals surface area contributed by atoms with Gasteiger partial charge in [-0.3, -0.25) is 4.79 Å². The standard InChI is InChI=1S/C16H14F6IO5/c1-13(2,7-27-11(24)9-3-5-10(23)6-4-9)8-28-12(25)14(26,15(17,18)19)16(20,21)22/h3-6H,7-8H2,1-2H3/q-1. The first-order chi connectivity index (χ1) is 12.5. The van der Waals surface area contributed by atoms with Crippen LogP contribution in [0.2, 0.25) is 0 Å². The van der Waals surface area contributed by atoms with Gasteiger partial charge in [-0.2, -0.15) is 26.3 Å². The van der Waals surface area contributed by atoms with Gasteiger partial charge in [0.15, 0.2) is 5.60 Å². The molecule has 0 spiro atoms. The molecule has 0 bridgehead atoms. The lowest BCUT2D eigenvalue weighted by molar-refractivity contribution is -0.574. The van der Waals surface area contributed by atoms with E-state index in [1.54, 1.807) is 12.1 Å². The van der Waals surface area contributed by atoms with Crippen molar-refractivity contribution in [3.8, 4) is 0 Å². The summed E-state index contributed by atoms with van der Waals surface area (Å²) in [4.78, 5) is 23.2. The van der Waals surface area contributed by atoms with Crippen molar-refractivity contribution in [2.45, 2.75) is 31.8 Å². The number of carbonyl (C=O) groups is 2. The third-order valence-corrected chi connectivity index (χ3v) is 4.07. The highest BCUT2D eigenvalue weighted by atomic mass is 127. The van der Waals surface area contributed by atoms with Crippen LogP contribution in [-0.4, -0.2) is 43.1 Å². The molecule has 5 nitrogen and oxygen atoms in total. The van der Waals surface area contributed by atoms with Crippen molar-refractivity contribution >= 4 is 34.5 Å². The number of carbonyl (C=O) groups excluding carboxylic acids is 2. The van der Waals surface area contributed by atoms with Gasteiger partial charge in [-0.1, -0.05) is 13.8 Å². The topological polar surface area (TPSA) is 75.7 Å². The zero-order valence-corrected chi connectivity index (χ0v) is 16.6. The molecule has 0 aliphatic rings. The Kier molecular flexibility index (Phi) is 7.37. The highest BCUT2D eigenvalue weighted by Gasteiger charge is 2.68. The van der Waals surface area contributed by atoms with E-state index in [0.29, 0.717) is 0 Å². The molecule has 0 fully saturated rings. The molecule has 12 heteroatoms. The van der Waals surface area contributed by atoms with Gasteiger partial charge < -0.3 is 14.6 Å². The third-order valence-electron chi connectivity index (χ3n) is 3.35. The molecule has 0 aliphatic heterocycles. The molecule has 0 aliphatic carbocycles. The molecule has 0 N–H and O–H groups in total. The molecule has 0 amide bonds. The molecule has 1 aromatic rings. The van der Waals surface area contributed by atoms with Crippen LogP contribution in [0.25, 0.3) is 0 Å². The summed E-state index contributed by atoms with van der Waals surface area (Å²) in [6.07, 6.45) is -12.9. The minimum absolute atomic E-state index is 0.168. The van der Waals surface area contributed by atoms with Crippen molar-refractivity contribution in [3.63, 3.8) is 0 Å². The van der Waals surface area contributed by atoms with Gasteiger partial charge in [0.05, 0.1) is 18.8 Å². The quantitative estimate of drug-likeness (QED) is 0.323. The number of ether oxygens (including phenoxy) is 2. The molecule has 0 aromatic heterocycles. The molecule has 0 atom stereocenters. The van der Waals surface area contributed by atoms with Gasteiger partial charge in [0.1, 0.15) is 0 Å². The number of benzene rings is 1. The van der Waals surface area contributed by atoms with E-state index in [9.17, 15) is 41.0 Å². The number of esters is 2. The Labute approximate surface area is 169 Å². The van der Waals surface area contributed by atoms with Crippen molar-refractivity contribution in [2.75, 3.05) is 13.2 Å². The summed E-state index contributed by atoms with van der Waals surface area (Å²) in [5, 5.41) is 11.2. The highest BCUT2D eigenvalue weighted by Crippen LogP contribution is 2.41. The molecule has 0 heterocycles. The van der Waals surface area contributed by atoms with Crippen molar-refractivity contribution in [3.05, 3.63) is 33.4 Å². The average molecular weight is 527 g/mol. The summed E-state index contributed by atoms with van der Waals surface area (Å²) in [7, 11) is 0.